The Kier molecular flexibility index (Phi) is 5.44. The zero-order valence-corrected chi connectivity index (χ0v) is 14.0. The van der Waals surface area contributed by atoms with Crippen LogP contribution in [0.4, 0.5) is 0 Å². The van der Waals surface area contributed by atoms with Gasteiger partial charge in [0, 0.05) is 20.0 Å². The molecule has 1 saturated heterocycles. The molecule has 8 heteroatoms. The van der Waals surface area contributed by atoms with Gasteiger partial charge in [-0.1, -0.05) is 23.7 Å². The molecule has 22 heavy (non-hydrogen) atoms. The van der Waals surface area contributed by atoms with Crippen molar-refractivity contribution in [2.75, 3.05) is 33.1 Å². The molecule has 122 valence electrons. The lowest BCUT2D eigenvalue weighted by molar-refractivity contribution is 0.0926. The number of amides is 1. The summed E-state index contributed by atoms with van der Waals surface area (Å²) < 4.78 is 30.5. The Morgan fingerprint density at radius 1 is 1.36 bits per heavy atom. The van der Waals surface area contributed by atoms with Crippen molar-refractivity contribution >= 4 is 27.5 Å². The minimum Gasteiger partial charge on any atom is -0.379 e. The van der Waals surface area contributed by atoms with Crippen molar-refractivity contribution in [1.82, 2.24) is 9.62 Å². The summed E-state index contributed by atoms with van der Waals surface area (Å²) >= 11 is 5.99. The molecular formula is C14H19ClN2O4S. The second-order valence-electron chi connectivity index (χ2n) is 5.42. The normalized spacial score (nSPS) is 22.0. The molecule has 1 aromatic carbocycles. The third-order valence-corrected chi connectivity index (χ3v) is 5.91. The number of rotatable bonds is 5. The lowest BCUT2D eigenvalue weighted by atomic mass is 10.1. The molecule has 0 unspecified atom stereocenters. The van der Waals surface area contributed by atoms with Crippen molar-refractivity contribution in [2.24, 2.45) is 5.92 Å². The lowest BCUT2D eigenvalue weighted by Crippen LogP contribution is -2.43. The van der Waals surface area contributed by atoms with Crippen molar-refractivity contribution in [2.45, 2.75) is 6.04 Å². The SMILES string of the molecule is CN(C)S(=O)(=O)C[C@@H]1COC[C@H]1NC(=O)c1ccccc1Cl. The second-order valence-corrected chi connectivity index (χ2v) is 8.05. The summed E-state index contributed by atoms with van der Waals surface area (Å²) in [6.07, 6.45) is 0. The molecule has 1 N–H and O–H groups in total. The van der Waals surface area contributed by atoms with Gasteiger partial charge in [-0.2, -0.15) is 0 Å². The highest BCUT2D eigenvalue weighted by Crippen LogP contribution is 2.19. The molecule has 2 atom stereocenters. The monoisotopic (exact) mass is 346 g/mol. The van der Waals surface area contributed by atoms with Gasteiger partial charge in [0.2, 0.25) is 10.0 Å². The van der Waals surface area contributed by atoms with Crippen LogP contribution in [0.5, 0.6) is 0 Å². The fraction of sp³-hybridized carbons (Fsp3) is 0.500. The summed E-state index contributed by atoms with van der Waals surface area (Å²) in [6.45, 7) is 0.602. The first-order valence-electron chi connectivity index (χ1n) is 6.84. The summed E-state index contributed by atoms with van der Waals surface area (Å²) in [4.78, 5) is 12.3. The third kappa shape index (κ3) is 3.98. The number of ether oxygens (including phenoxy) is 1. The van der Waals surface area contributed by atoms with Crippen molar-refractivity contribution in [3.8, 4) is 0 Å². The van der Waals surface area contributed by atoms with E-state index in [0.717, 1.165) is 0 Å². The van der Waals surface area contributed by atoms with E-state index in [-0.39, 0.29) is 23.6 Å². The molecule has 1 aromatic rings. The van der Waals surface area contributed by atoms with E-state index in [2.05, 4.69) is 5.32 Å². The zero-order chi connectivity index (χ0) is 16.3. The van der Waals surface area contributed by atoms with Crippen LogP contribution in [0.3, 0.4) is 0 Å². The van der Waals surface area contributed by atoms with Gasteiger partial charge < -0.3 is 10.1 Å². The number of nitrogens with zero attached hydrogens (tertiary/aromatic N) is 1. The minimum atomic E-state index is -3.35. The van der Waals surface area contributed by atoms with Gasteiger partial charge in [0.1, 0.15) is 0 Å². The molecule has 6 nitrogen and oxygen atoms in total. The van der Waals surface area contributed by atoms with Crippen LogP contribution in [0.2, 0.25) is 5.02 Å². The Morgan fingerprint density at radius 2 is 2.05 bits per heavy atom. The Hall–Kier alpha value is -1.15. The van der Waals surface area contributed by atoms with E-state index in [4.69, 9.17) is 16.3 Å². The van der Waals surface area contributed by atoms with E-state index in [1.165, 1.54) is 18.4 Å². The highest BCUT2D eigenvalue weighted by Gasteiger charge is 2.34. The molecule has 1 aliphatic rings. The summed E-state index contributed by atoms with van der Waals surface area (Å²) in [5.74, 6) is -0.666. The van der Waals surface area contributed by atoms with E-state index in [9.17, 15) is 13.2 Å². The van der Waals surface area contributed by atoms with Gasteiger partial charge in [-0.3, -0.25) is 4.79 Å². The van der Waals surface area contributed by atoms with Crippen molar-refractivity contribution in [3.63, 3.8) is 0 Å². The molecule has 0 aromatic heterocycles. The van der Waals surface area contributed by atoms with Crippen molar-refractivity contribution in [1.29, 1.82) is 0 Å². The van der Waals surface area contributed by atoms with E-state index in [1.54, 1.807) is 24.3 Å². The van der Waals surface area contributed by atoms with Crippen molar-refractivity contribution < 1.29 is 17.9 Å². The fourth-order valence-corrected chi connectivity index (χ4v) is 3.62. The molecule has 1 aliphatic heterocycles. The summed E-state index contributed by atoms with van der Waals surface area (Å²) in [7, 11) is -0.370. The molecule has 1 amide bonds. The largest absolute Gasteiger partial charge is 0.379 e. The van der Waals surface area contributed by atoms with E-state index < -0.39 is 10.0 Å². The number of sulfonamides is 1. The Bertz CT molecular complexity index is 648. The Balaban J connectivity index is 2.06. The standard InChI is InChI=1S/C14H19ClN2O4S/c1-17(2)22(19,20)9-10-7-21-8-13(10)16-14(18)11-5-3-4-6-12(11)15/h3-6,10,13H,7-9H2,1-2H3,(H,16,18)/t10-,13+/m0/s1. The fourth-order valence-electron chi connectivity index (χ4n) is 2.23. The topological polar surface area (TPSA) is 75.7 Å². The number of hydrogen-bond acceptors (Lipinski definition) is 4. The molecule has 1 fully saturated rings. The van der Waals surface area contributed by atoms with Crippen LogP contribution in [0.25, 0.3) is 0 Å². The van der Waals surface area contributed by atoms with Gasteiger partial charge >= 0.3 is 0 Å². The van der Waals surface area contributed by atoms with Crippen LogP contribution in [-0.4, -0.2) is 57.7 Å². The van der Waals surface area contributed by atoms with Gasteiger partial charge in [0.25, 0.3) is 5.91 Å². The molecule has 1 heterocycles. The number of carbonyl (C=O) groups excluding carboxylic acids is 1. The van der Waals surface area contributed by atoms with E-state index in [0.29, 0.717) is 23.8 Å². The molecule has 0 saturated carbocycles. The first-order chi connectivity index (χ1) is 10.3. The molecule has 0 aliphatic carbocycles. The molecule has 0 bridgehead atoms. The molecular weight excluding hydrogens is 328 g/mol. The smallest absolute Gasteiger partial charge is 0.253 e. The van der Waals surface area contributed by atoms with E-state index >= 15 is 0 Å². The van der Waals surface area contributed by atoms with Gasteiger partial charge in [0.15, 0.2) is 0 Å². The summed E-state index contributed by atoms with van der Waals surface area (Å²) in [6, 6.07) is 6.37. The average Bonchev–Trinajstić information content (AvgIpc) is 2.85. The maximum atomic E-state index is 12.3. The van der Waals surface area contributed by atoms with Crippen LogP contribution in [-0.2, 0) is 14.8 Å². The Labute approximate surface area is 135 Å². The van der Waals surface area contributed by atoms with Crippen LogP contribution < -0.4 is 5.32 Å². The third-order valence-electron chi connectivity index (χ3n) is 3.61. The molecule has 0 radical (unpaired) electrons. The number of nitrogens with one attached hydrogen (secondary N) is 1. The highest BCUT2D eigenvalue weighted by molar-refractivity contribution is 7.89. The van der Waals surface area contributed by atoms with Crippen LogP contribution >= 0.6 is 11.6 Å². The van der Waals surface area contributed by atoms with Crippen LogP contribution in [0.15, 0.2) is 24.3 Å². The second kappa shape index (κ2) is 6.95. The van der Waals surface area contributed by atoms with Gasteiger partial charge in [-0.05, 0) is 12.1 Å². The number of halogens is 1. The minimum absolute atomic E-state index is 0.0620. The number of hydrogen-bond donors (Lipinski definition) is 1. The summed E-state index contributed by atoms with van der Waals surface area (Å²) in [5, 5.41) is 3.17. The number of carbonyl (C=O) groups is 1. The summed E-state index contributed by atoms with van der Waals surface area (Å²) in [5.41, 5.74) is 0.366. The van der Waals surface area contributed by atoms with Crippen molar-refractivity contribution in [3.05, 3.63) is 34.9 Å². The van der Waals surface area contributed by atoms with Crippen LogP contribution in [0, 0.1) is 5.92 Å². The Morgan fingerprint density at radius 3 is 2.68 bits per heavy atom. The average molecular weight is 347 g/mol. The molecule has 2 rings (SSSR count). The first kappa shape index (κ1) is 17.2. The zero-order valence-electron chi connectivity index (χ0n) is 12.5. The predicted octanol–water partition coefficient (Wildman–Crippen LogP) is 0.976. The quantitative estimate of drug-likeness (QED) is 0.862. The first-order valence-corrected chi connectivity index (χ1v) is 8.83. The lowest BCUT2D eigenvalue weighted by Gasteiger charge is -2.21. The van der Waals surface area contributed by atoms with Gasteiger partial charge in [-0.15, -0.1) is 0 Å². The predicted molar refractivity (Wildman–Crippen MR) is 84.5 cm³/mol. The van der Waals surface area contributed by atoms with Gasteiger partial charge in [-0.25, -0.2) is 12.7 Å². The maximum Gasteiger partial charge on any atom is 0.253 e. The number of benzene rings is 1. The molecule has 0 spiro atoms. The maximum absolute atomic E-state index is 12.3. The highest BCUT2D eigenvalue weighted by atomic mass is 35.5. The van der Waals surface area contributed by atoms with E-state index in [1.807, 2.05) is 0 Å². The van der Waals surface area contributed by atoms with Gasteiger partial charge in [0.05, 0.1) is 35.6 Å². The van der Waals surface area contributed by atoms with Crippen LogP contribution in [0.1, 0.15) is 10.4 Å².